The van der Waals surface area contributed by atoms with Crippen molar-refractivity contribution in [2.24, 2.45) is 5.73 Å². The van der Waals surface area contributed by atoms with E-state index in [-0.39, 0.29) is 0 Å². The molecule has 0 saturated heterocycles. The molecule has 0 aliphatic carbocycles. The van der Waals surface area contributed by atoms with Gasteiger partial charge in [0, 0.05) is 0 Å². The molecule has 14 heavy (non-hydrogen) atoms. The third kappa shape index (κ3) is 41.2. The number of rotatable bonds is 6. The fraction of sp³-hybridized carbons (Fsp3) is 0.846. The second-order valence-corrected chi connectivity index (χ2v) is 3.20. The maximum absolute atomic E-state index is 5.31. The molecule has 0 aromatic heterocycles. The largest absolute Gasteiger partial charge is 0.330 e. The van der Waals surface area contributed by atoms with Gasteiger partial charge in [0.1, 0.15) is 0 Å². The van der Waals surface area contributed by atoms with E-state index in [0.29, 0.717) is 0 Å². The molecule has 0 aliphatic heterocycles. The minimum absolute atomic E-state index is 0.865. The highest BCUT2D eigenvalue weighted by Crippen LogP contribution is 2.00. The van der Waals surface area contributed by atoms with Crippen molar-refractivity contribution in [3.8, 4) is 0 Å². The maximum atomic E-state index is 5.31. The van der Waals surface area contributed by atoms with Crippen LogP contribution in [-0.4, -0.2) is 6.54 Å². The molecular formula is C13H31N. The van der Waals surface area contributed by atoms with Crippen molar-refractivity contribution in [2.45, 2.75) is 65.7 Å². The van der Waals surface area contributed by atoms with Crippen LogP contribution in [-0.2, 0) is 0 Å². The highest BCUT2D eigenvalue weighted by Gasteiger charge is 1.83. The quantitative estimate of drug-likeness (QED) is 0.496. The summed E-state index contributed by atoms with van der Waals surface area (Å²) in [5, 5.41) is 0. The molecule has 1 nitrogen and oxygen atoms in total. The second kappa shape index (κ2) is 29.3. The summed E-state index contributed by atoms with van der Waals surface area (Å²) in [5.41, 5.74) is 5.31. The normalized spacial score (nSPS) is 8.00. The Morgan fingerprint density at radius 1 is 0.714 bits per heavy atom. The molecule has 2 N–H and O–H groups in total. The van der Waals surface area contributed by atoms with Crippen LogP contribution >= 0.6 is 0 Å². The monoisotopic (exact) mass is 201 g/mol. The Balaban J connectivity index is -0.000000170. The summed E-state index contributed by atoms with van der Waals surface area (Å²) in [6.45, 7) is 13.5. The predicted molar refractivity (Wildman–Crippen MR) is 69.6 cm³/mol. The van der Waals surface area contributed by atoms with Gasteiger partial charge < -0.3 is 5.73 Å². The number of hydrogen-bond donors (Lipinski definition) is 1. The van der Waals surface area contributed by atoms with Gasteiger partial charge in [0.15, 0.2) is 0 Å². The first-order valence-electron chi connectivity index (χ1n) is 6.03. The lowest BCUT2D eigenvalue weighted by Crippen LogP contribution is -1.97. The van der Waals surface area contributed by atoms with Gasteiger partial charge in [-0.05, 0) is 13.0 Å². The number of hydrogen-bond acceptors (Lipinski definition) is 1. The van der Waals surface area contributed by atoms with E-state index in [2.05, 4.69) is 33.9 Å². The Bertz CT molecular complexity index is 54.3. The third-order valence-corrected chi connectivity index (χ3v) is 1.81. The zero-order valence-corrected chi connectivity index (χ0v) is 10.6. The maximum Gasteiger partial charge on any atom is -0.00773 e. The van der Waals surface area contributed by atoms with E-state index in [9.17, 15) is 0 Å². The molecule has 0 spiro atoms. The minimum Gasteiger partial charge on any atom is -0.330 e. The van der Waals surface area contributed by atoms with E-state index < -0.39 is 0 Å². The summed E-state index contributed by atoms with van der Waals surface area (Å²) in [6, 6.07) is 0. The lowest BCUT2D eigenvalue weighted by Gasteiger charge is -1.93. The van der Waals surface area contributed by atoms with Crippen LogP contribution in [0.3, 0.4) is 0 Å². The van der Waals surface area contributed by atoms with Crippen molar-refractivity contribution in [2.75, 3.05) is 6.54 Å². The first-order valence-corrected chi connectivity index (χ1v) is 6.03. The Kier molecular flexibility index (Phi) is 40.4. The molecule has 0 aromatic rings. The molecule has 0 amide bonds. The Labute approximate surface area is 91.8 Å². The summed E-state index contributed by atoms with van der Waals surface area (Å²) in [7, 11) is 0. The molecule has 0 saturated carbocycles. The first-order chi connectivity index (χ1) is 6.83. The molecule has 0 unspecified atom stereocenters. The van der Waals surface area contributed by atoms with Crippen LogP contribution in [0.2, 0.25) is 0 Å². The second-order valence-electron chi connectivity index (χ2n) is 3.20. The average molecular weight is 201 g/mol. The summed E-state index contributed by atoms with van der Waals surface area (Å²) in [5.74, 6) is 0. The molecule has 0 radical (unpaired) electrons. The van der Waals surface area contributed by atoms with Crippen LogP contribution in [0.4, 0.5) is 0 Å². The van der Waals surface area contributed by atoms with Crippen molar-refractivity contribution < 1.29 is 0 Å². The van der Waals surface area contributed by atoms with Crippen LogP contribution in [0.15, 0.2) is 13.2 Å². The Morgan fingerprint density at radius 2 is 1.14 bits per heavy atom. The van der Waals surface area contributed by atoms with Crippen molar-refractivity contribution in [3.05, 3.63) is 13.2 Å². The Hall–Kier alpha value is -0.300. The molecule has 0 rings (SSSR count). The molecule has 0 aliphatic rings. The predicted octanol–water partition coefficient (Wildman–Crippen LogP) is 4.52. The SMILES string of the molecule is C=C.CCCC.CCCCCCCN. The molecule has 0 fully saturated rings. The highest BCUT2D eigenvalue weighted by molar-refractivity contribution is 4.41. The van der Waals surface area contributed by atoms with Gasteiger partial charge in [-0.2, -0.15) is 0 Å². The van der Waals surface area contributed by atoms with Crippen molar-refractivity contribution in [3.63, 3.8) is 0 Å². The van der Waals surface area contributed by atoms with Crippen molar-refractivity contribution in [1.82, 2.24) is 0 Å². The van der Waals surface area contributed by atoms with Crippen LogP contribution in [0, 0.1) is 0 Å². The van der Waals surface area contributed by atoms with E-state index >= 15 is 0 Å². The van der Waals surface area contributed by atoms with Gasteiger partial charge in [-0.1, -0.05) is 59.3 Å². The van der Waals surface area contributed by atoms with Crippen LogP contribution in [0.5, 0.6) is 0 Å². The standard InChI is InChI=1S/C7H17N.C4H10.C2H4/c1-2-3-4-5-6-7-8;1-3-4-2;1-2/h2-8H2,1H3;3-4H2,1-2H3;1-2H2. The molecule has 0 aromatic carbocycles. The van der Waals surface area contributed by atoms with Gasteiger partial charge in [-0.25, -0.2) is 0 Å². The minimum atomic E-state index is 0.865. The van der Waals surface area contributed by atoms with E-state index in [1.165, 1.54) is 44.9 Å². The molecule has 0 bridgehead atoms. The fourth-order valence-electron chi connectivity index (χ4n) is 0.748. The van der Waals surface area contributed by atoms with Gasteiger partial charge in [-0.15, -0.1) is 13.2 Å². The van der Waals surface area contributed by atoms with Gasteiger partial charge >= 0.3 is 0 Å². The molecule has 1 heteroatoms. The molecule has 0 heterocycles. The van der Waals surface area contributed by atoms with Gasteiger partial charge in [0.25, 0.3) is 0 Å². The molecular weight excluding hydrogens is 170 g/mol. The average Bonchev–Trinajstić information content (AvgIpc) is 2.28. The third-order valence-electron chi connectivity index (χ3n) is 1.81. The Morgan fingerprint density at radius 3 is 1.43 bits per heavy atom. The smallest absolute Gasteiger partial charge is 0.00773 e. The zero-order valence-electron chi connectivity index (χ0n) is 10.6. The van der Waals surface area contributed by atoms with E-state index in [4.69, 9.17) is 5.73 Å². The van der Waals surface area contributed by atoms with E-state index in [1.54, 1.807) is 0 Å². The summed E-state index contributed by atoms with van der Waals surface area (Å²) < 4.78 is 0. The van der Waals surface area contributed by atoms with Gasteiger partial charge in [0.2, 0.25) is 0 Å². The first kappa shape index (κ1) is 19.3. The van der Waals surface area contributed by atoms with Crippen LogP contribution in [0.1, 0.15) is 65.7 Å². The van der Waals surface area contributed by atoms with Crippen molar-refractivity contribution >= 4 is 0 Å². The topological polar surface area (TPSA) is 26.0 Å². The summed E-state index contributed by atoms with van der Waals surface area (Å²) in [6.07, 6.45) is 9.24. The summed E-state index contributed by atoms with van der Waals surface area (Å²) in [4.78, 5) is 0. The summed E-state index contributed by atoms with van der Waals surface area (Å²) >= 11 is 0. The zero-order chi connectivity index (χ0) is 11.7. The lowest BCUT2D eigenvalue weighted by atomic mass is 10.2. The van der Waals surface area contributed by atoms with Gasteiger partial charge in [0.05, 0.1) is 0 Å². The lowest BCUT2D eigenvalue weighted by molar-refractivity contribution is 0.638. The van der Waals surface area contributed by atoms with Gasteiger partial charge in [-0.3, -0.25) is 0 Å². The molecule has 0 atom stereocenters. The fourth-order valence-corrected chi connectivity index (χ4v) is 0.748. The van der Waals surface area contributed by atoms with E-state index in [1.807, 2.05) is 0 Å². The van der Waals surface area contributed by atoms with E-state index in [0.717, 1.165) is 6.54 Å². The van der Waals surface area contributed by atoms with Crippen LogP contribution < -0.4 is 5.73 Å². The van der Waals surface area contributed by atoms with Crippen LogP contribution in [0.25, 0.3) is 0 Å². The number of nitrogens with two attached hydrogens (primary N) is 1. The highest BCUT2D eigenvalue weighted by atomic mass is 14.5. The molecule has 88 valence electrons. The van der Waals surface area contributed by atoms with Crippen molar-refractivity contribution in [1.29, 1.82) is 0 Å². The number of unbranched alkanes of at least 4 members (excludes halogenated alkanes) is 5.